The van der Waals surface area contributed by atoms with Crippen molar-refractivity contribution in [2.45, 2.75) is 25.9 Å². The molecule has 37 heavy (non-hydrogen) atoms. The van der Waals surface area contributed by atoms with Gasteiger partial charge in [-0.3, -0.25) is 9.97 Å². The summed E-state index contributed by atoms with van der Waals surface area (Å²) in [6, 6.07) is 9.83. The second-order valence-corrected chi connectivity index (χ2v) is 10.2. The van der Waals surface area contributed by atoms with Gasteiger partial charge in [0.2, 0.25) is 0 Å². The summed E-state index contributed by atoms with van der Waals surface area (Å²) in [7, 11) is 0. The number of nitrogens with zero attached hydrogens (tertiary/aromatic N) is 6. The molecule has 0 saturated heterocycles. The van der Waals surface area contributed by atoms with Crippen molar-refractivity contribution in [2.75, 3.05) is 10.6 Å². The molecule has 0 bridgehead atoms. The molecule has 186 valence electrons. The van der Waals surface area contributed by atoms with Gasteiger partial charge in [-0.15, -0.1) is 16.4 Å². The standard InChI is InChI=1S/C25H19Cl2FN8S/c1-13(2)36-11-21(34-35-36)25(22-10-30-12-37-22)33-16-5-17-23(32-15-3-4-20(28)18(26)6-15)14(8-29)9-31-24(17)19(27)7-16/h3-7,9-13,25,33H,1-2H3,(H,31,32)/t25-/m1/s1. The lowest BCUT2D eigenvalue weighted by Gasteiger charge is -2.18. The van der Waals surface area contributed by atoms with Crippen LogP contribution in [-0.4, -0.2) is 25.0 Å². The van der Waals surface area contributed by atoms with Crippen molar-refractivity contribution in [1.82, 2.24) is 25.0 Å². The van der Waals surface area contributed by atoms with Gasteiger partial charge in [-0.1, -0.05) is 28.4 Å². The quantitative estimate of drug-likeness (QED) is 0.221. The third-order valence-corrected chi connectivity index (χ3v) is 7.05. The average molecular weight is 553 g/mol. The Bertz CT molecular complexity index is 1630. The summed E-state index contributed by atoms with van der Waals surface area (Å²) in [6.45, 7) is 4.05. The van der Waals surface area contributed by atoms with E-state index in [2.05, 4.69) is 37.0 Å². The van der Waals surface area contributed by atoms with E-state index in [0.717, 1.165) is 10.6 Å². The van der Waals surface area contributed by atoms with E-state index in [4.69, 9.17) is 23.2 Å². The summed E-state index contributed by atoms with van der Waals surface area (Å²) < 4.78 is 15.5. The molecule has 0 saturated carbocycles. The van der Waals surface area contributed by atoms with Gasteiger partial charge in [0.1, 0.15) is 23.6 Å². The molecular weight excluding hydrogens is 534 g/mol. The number of fused-ring (bicyclic) bond motifs is 1. The van der Waals surface area contributed by atoms with Gasteiger partial charge >= 0.3 is 0 Å². The topological polar surface area (TPSA) is 104 Å². The first kappa shape index (κ1) is 24.9. The monoisotopic (exact) mass is 552 g/mol. The molecule has 0 spiro atoms. The highest BCUT2D eigenvalue weighted by atomic mass is 35.5. The smallest absolute Gasteiger partial charge is 0.141 e. The number of aromatic nitrogens is 5. The molecule has 8 nitrogen and oxygen atoms in total. The maximum absolute atomic E-state index is 13.7. The minimum atomic E-state index is -0.537. The summed E-state index contributed by atoms with van der Waals surface area (Å²) in [5.74, 6) is -0.537. The Labute approximate surface area is 225 Å². The number of anilines is 3. The van der Waals surface area contributed by atoms with E-state index in [0.29, 0.717) is 38.6 Å². The van der Waals surface area contributed by atoms with E-state index < -0.39 is 5.82 Å². The van der Waals surface area contributed by atoms with E-state index in [1.54, 1.807) is 22.5 Å². The number of thiazole rings is 1. The maximum Gasteiger partial charge on any atom is 0.141 e. The molecule has 5 rings (SSSR count). The molecule has 3 aromatic heterocycles. The number of nitrogens with one attached hydrogen (secondary N) is 2. The normalized spacial score (nSPS) is 12.0. The van der Waals surface area contributed by atoms with Gasteiger partial charge in [0.05, 0.1) is 43.4 Å². The SMILES string of the molecule is CC(C)n1cc([C@@H](Nc2cc(Cl)c3ncc(C#N)c(Nc4ccc(F)c(Cl)c4)c3c2)c2cncs2)nn1. The average Bonchev–Trinajstić information content (AvgIpc) is 3.58. The summed E-state index contributed by atoms with van der Waals surface area (Å²) in [4.78, 5) is 9.56. The Kier molecular flexibility index (Phi) is 6.93. The van der Waals surface area contributed by atoms with Crippen LogP contribution in [-0.2, 0) is 0 Å². The minimum Gasteiger partial charge on any atom is -0.372 e. The Hall–Kier alpha value is -3.78. The molecule has 0 fully saturated rings. The third-order valence-electron chi connectivity index (χ3n) is 5.63. The van der Waals surface area contributed by atoms with E-state index in [1.807, 2.05) is 26.1 Å². The van der Waals surface area contributed by atoms with Gasteiger partial charge < -0.3 is 10.6 Å². The van der Waals surface area contributed by atoms with Crippen LogP contribution in [0.3, 0.4) is 0 Å². The van der Waals surface area contributed by atoms with E-state index in [9.17, 15) is 9.65 Å². The zero-order chi connectivity index (χ0) is 26.1. The highest BCUT2D eigenvalue weighted by Gasteiger charge is 2.22. The molecule has 0 aliphatic rings. The number of hydrogen-bond donors (Lipinski definition) is 2. The van der Waals surface area contributed by atoms with Crippen LogP contribution in [0.5, 0.6) is 0 Å². The molecule has 0 unspecified atom stereocenters. The molecule has 2 aromatic carbocycles. The summed E-state index contributed by atoms with van der Waals surface area (Å²) in [5.41, 5.74) is 4.92. The third kappa shape index (κ3) is 5.06. The number of hydrogen-bond acceptors (Lipinski definition) is 8. The van der Waals surface area contributed by atoms with Crippen LogP contribution < -0.4 is 10.6 Å². The van der Waals surface area contributed by atoms with Crippen LogP contribution in [0, 0.1) is 17.1 Å². The molecule has 2 N–H and O–H groups in total. The fourth-order valence-corrected chi connectivity index (χ4v) is 4.91. The molecule has 0 radical (unpaired) electrons. The predicted octanol–water partition coefficient (Wildman–Crippen LogP) is 7.13. The van der Waals surface area contributed by atoms with E-state index in [1.165, 1.54) is 35.7 Å². The molecule has 5 aromatic rings. The fraction of sp³-hybridized carbons (Fsp3) is 0.160. The van der Waals surface area contributed by atoms with Gasteiger partial charge in [-0.2, -0.15) is 5.26 Å². The van der Waals surface area contributed by atoms with E-state index in [-0.39, 0.29) is 17.1 Å². The number of pyridine rings is 1. The number of rotatable bonds is 7. The molecule has 0 aliphatic heterocycles. The van der Waals surface area contributed by atoms with Crippen LogP contribution in [0.4, 0.5) is 21.5 Å². The van der Waals surface area contributed by atoms with Crippen LogP contribution >= 0.6 is 34.5 Å². The zero-order valence-electron chi connectivity index (χ0n) is 19.6. The van der Waals surface area contributed by atoms with Gasteiger partial charge in [0.15, 0.2) is 0 Å². The molecular formula is C25H19Cl2FN8S. The van der Waals surface area contributed by atoms with E-state index >= 15 is 0 Å². The maximum atomic E-state index is 13.7. The predicted molar refractivity (Wildman–Crippen MR) is 144 cm³/mol. The van der Waals surface area contributed by atoms with Crippen molar-refractivity contribution in [2.24, 2.45) is 0 Å². The van der Waals surface area contributed by atoms with Crippen molar-refractivity contribution < 1.29 is 4.39 Å². The lowest BCUT2D eigenvalue weighted by atomic mass is 10.1. The lowest BCUT2D eigenvalue weighted by Crippen LogP contribution is -2.12. The first-order chi connectivity index (χ1) is 17.8. The molecule has 12 heteroatoms. The van der Waals surface area contributed by atoms with Crippen molar-refractivity contribution in [3.63, 3.8) is 0 Å². The molecule has 0 amide bonds. The second kappa shape index (κ2) is 10.3. The van der Waals surface area contributed by atoms with Crippen LogP contribution in [0.25, 0.3) is 10.9 Å². The Morgan fingerprint density at radius 1 is 1.11 bits per heavy atom. The van der Waals surface area contributed by atoms with Gasteiger partial charge in [0.25, 0.3) is 0 Å². The van der Waals surface area contributed by atoms with Gasteiger partial charge in [0, 0.05) is 35.2 Å². The van der Waals surface area contributed by atoms with Crippen molar-refractivity contribution >= 4 is 62.5 Å². The van der Waals surface area contributed by atoms with Gasteiger partial charge in [-0.25, -0.2) is 9.07 Å². The lowest BCUT2D eigenvalue weighted by molar-refractivity contribution is 0.514. The Balaban J connectivity index is 1.60. The molecule has 0 aliphatic carbocycles. The summed E-state index contributed by atoms with van der Waals surface area (Å²) >= 11 is 14.1. The number of halogens is 3. The summed E-state index contributed by atoms with van der Waals surface area (Å²) in [6.07, 6.45) is 5.12. The summed E-state index contributed by atoms with van der Waals surface area (Å²) in [5, 5.41) is 26.0. The van der Waals surface area contributed by atoms with Crippen molar-refractivity contribution in [3.8, 4) is 6.07 Å². The highest BCUT2D eigenvalue weighted by molar-refractivity contribution is 7.09. The largest absolute Gasteiger partial charge is 0.372 e. The minimum absolute atomic E-state index is 0.0379. The Morgan fingerprint density at radius 2 is 1.92 bits per heavy atom. The van der Waals surface area contributed by atoms with Crippen molar-refractivity contribution in [1.29, 1.82) is 5.26 Å². The van der Waals surface area contributed by atoms with Crippen LogP contribution in [0.1, 0.15) is 42.1 Å². The molecule has 3 heterocycles. The first-order valence-electron chi connectivity index (χ1n) is 11.1. The Morgan fingerprint density at radius 3 is 2.59 bits per heavy atom. The number of benzene rings is 2. The van der Waals surface area contributed by atoms with Gasteiger partial charge in [-0.05, 0) is 44.2 Å². The highest BCUT2D eigenvalue weighted by Crippen LogP contribution is 2.37. The zero-order valence-corrected chi connectivity index (χ0v) is 21.9. The number of nitriles is 1. The molecule has 1 atom stereocenters. The van der Waals surface area contributed by atoms with Crippen molar-refractivity contribution in [3.05, 3.63) is 86.4 Å². The first-order valence-corrected chi connectivity index (χ1v) is 12.8. The van der Waals surface area contributed by atoms with Crippen LogP contribution in [0.15, 0.2) is 54.4 Å². The fourth-order valence-electron chi connectivity index (χ4n) is 3.78. The van der Waals surface area contributed by atoms with Crippen LogP contribution in [0.2, 0.25) is 10.0 Å². The second-order valence-electron chi connectivity index (χ2n) is 8.47.